The molecular weight excluding hydrogens is 404 g/mol. The summed E-state index contributed by atoms with van der Waals surface area (Å²) in [7, 11) is 0. The first-order valence-corrected chi connectivity index (χ1v) is 9.79. The Bertz CT molecular complexity index is 1430. The van der Waals surface area contributed by atoms with E-state index in [1.54, 1.807) is 66.9 Å². The van der Waals surface area contributed by atoms with E-state index in [-0.39, 0.29) is 17.0 Å². The van der Waals surface area contributed by atoms with Crippen molar-refractivity contribution in [2.45, 2.75) is 6.92 Å². The molecule has 0 spiro atoms. The number of carbonyl (C=O) groups is 1. The highest BCUT2D eigenvalue weighted by atomic mass is 16.5. The summed E-state index contributed by atoms with van der Waals surface area (Å²) in [4.78, 5) is 30.3. The van der Waals surface area contributed by atoms with Gasteiger partial charge in [0, 0.05) is 11.9 Å². The molecule has 2 heterocycles. The minimum atomic E-state index is -0.638. The Labute approximate surface area is 183 Å². The second kappa shape index (κ2) is 8.98. The molecule has 0 radical (unpaired) electrons. The zero-order valence-corrected chi connectivity index (χ0v) is 17.1. The highest BCUT2D eigenvalue weighted by molar-refractivity contribution is 6.09. The van der Waals surface area contributed by atoms with Gasteiger partial charge in [0.15, 0.2) is 0 Å². The zero-order valence-electron chi connectivity index (χ0n) is 17.1. The monoisotopic (exact) mass is 422 g/mol. The van der Waals surface area contributed by atoms with E-state index in [1.807, 2.05) is 25.1 Å². The first-order valence-electron chi connectivity index (χ1n) is 9.79. The average Bonchev–Trinajstić information content (AvgIpc) is 2.80. The number of para-hydroxylation sites is 1. The molecule has 7 heteroatoms. The van der Waals surface area contributed by atoms with E-state index in [0.717, 1.165) is 5.56 Å². The lowest BCUT2D eigenvalue weighted by Gasteiger charge is -2.10. The Balaban J connectivity index is 1.80. The molecular formula is C25H18N4O3. The second-order valence-corrected chi connectivity index (χ2v) is 6.97. The number of aryl methyl sites for hydroxylation is 1. The third kappa shape index (κ3) is 4.40. The van der Waals surface area contributed by atoms with Gasteiger partial charge in [0.2, 0.25) is 5.88 Å². The number of amides is 1. The minimum Gasteiger partial charge on any atom is -0.438 e. The summed E-state index contributed by atoms with van der Waals surface area (Å²) in [5, 5.41) is 12.3. The maximum atomic E-state index is 13.2. The van der Waals surface area contributed by atoms with Crippen molar-refractivity contribution >= 4 is 23.3 Å². The number of fused-ring (bicyclic) bond motifs is 1. The van der Waals surface area contributed by atoms with Crippen LogP contribution >= 0.6 is 0 Å². The number of nitriles is 1. The minimum absolute atomic E-state index is 0.00325. The van der Waals surface area contributed by atoms with Gasteiger partial charge < -0.3 is 10.1 Å². The van der Waals surface area contributed by atoms with Crippen molar-refractivity contribution in [2.24, 2.45) is 0 Å². The van der Waals surface area contributed by atoms with Gasteiger partial charge in [-0.25, -0.2) is 0 Å². The first kappa shape index (κ1) is 20.6. The largest absolute Gasteiger partial charge is 0.438 e. The second-order valence-electron chi connectivity index (χ2n) is 6.97. The molecule has 0 atom stereocenters. The van der Waals surface area contributed by atoms with Gasteiger partial charge in [-0.05, 0) is 55.0 Å². The van der Waals surface area contributed by atoms with Crippen molar-refractivity contribution in [3.05, 3.63) is 106 Å². The third-order valence-electron chi connectivity index (χ3n) is 4.62. The Morgan fingerprint density at radius 1 is 1.09 bits per heavy atom. The van der Waals surface area contributed by atoms with E-state index in [1.165, 1.54) is 10.5 Å². The molecule has 0 bridgehead atoms. The number of nitrogens with one attached hydrogen (secondary N) is 1. The number of carbonyl (C=O) groups excluding carboxylic acids is 1. The molecule has 0 aliphatic rings. The summed E-state index contributed by atoms with van der Waals surface area (Å²) in [6, 6.07) is 23.0. The Kier molecular flexibility index (Phi) is 5.77. The fourth-order valence-electron chi connectivity index (χ4n) is 3.10. The number of hydrogen-bond donors (Lipinski definition) is 1. The molecule has 7 nitrogen and oxygen atoms in total. The molecule has 1 amide bonds. The number of ether oxygens (including phenoxy) is 1. The number of benzene rings is 2. The molecule has 0 saturated carbocycles. The molecule has 4 rings (SSSR count). The summed E-state index contributed by atoms with van der Waals surface area (Å²) >= 11 is 0. The molecule has 1 N–H and O–H groups in total. The SMILES string of the molecule is Cc1cccc(NC(=O)/C(C#N)=C\c2c(Oc3ccccc3)nc3ccccn3c2=O)c1. The summed E-state index contributed by atoms with van der Waals surface area (Å²) in [5.41, 5.74) is 1.17. The van der Waals surface area contributed by atoms with Crippen LogP contribution in [0.2, 0.25) is 0 Å². The van der Waals surface area contributed by atoms with Crippen LogP contribution < -0.4 is 15.6 Å². The quantitative estimate of drug-likeness (QED) is 0.381. The zero-order chi connectivity index (χ0) is 22.5. The maximum absolute atomic E-state index is 13.2. The molecule has 32 heavy (non-hydrogen) atoms. The topological polar surface area (TPSA) is 96.5 Å². The first-order chi connectivity index (χ1) is 15.5. The standard InChI is InChI=1S/C25H18N4O3/c1-17-8-7-9-19(14-17)27-23(30)18(16-26)15-21-24(32-20-10-3-2-4-11-20)28-22-12-5-6-13-29(22)25(21)31/h2-15H,1H3,(H,27,30)/b18-15-. The van der Waals surface area contributed by atoms with Crippen molar-refractivity contribution in [1.82, 2.24) is 9.38 Å². The maximum Gasteiger partial charge on any atom is 0.269 e. The number of anilines is 1. The Morgan fingerprint density at radius 3 is 2.62 bits per heavy atom. The van der Waals surface area contributed by atoms with Crippen molar-refractivity contribution in [3.63, 3.8) is 0 Å². The van der Waals surface area contributed by atoms with Crippen LogP contribution in [0, 0.1) is 18.3 Å². The van der Waals surface area contributed by atoms with Crippen LogP contribution in [0.25, 0.3) is 11.7 Å². The summed E-state index contributed by atoms with van der Waals surface area (Å²) in [5.74, 6) is -0.165. The van der Waals surface area contributed by atoms with Gasteiger partial charge in [0.1, 0.15) is 28.6 Å². The van der Waals surface area contributed by atoms with Crippen molar-refractivity contribution in [1.29, 1.82) is 5.26 Å². The fraction of sp³-hybridized carbons (Fsp3) is 0.0400. The van der Waals surface area contributed by atoms with Crippen LogP contribution in [-0.2, 0) is 4.79 Å². The lowest BCUT2D eigenvalue weighted by Crippen LogP contribution is -2.20. The lowest BCUT2D eigenvalue weighted by atomic mass is 10.1. The van der Waals surface area contributed by atoms with Gasteiger partial charge in [-0.2, -0.15) is 10.2 Å². The van der Waals surface area contributed by atoms with Gasteiger partial charge in [0.25, 0.3) is 11.5 Å². The van der Waals surface area contributed by atoms with Crippen LogP contribution in [-0.4, -0.2) is 15.3 Å². The number of nitrogens with zero attached hydrogens (tertiary/aromatic N) is 3. The van der Waals surface area contributed by atoms with E-state index in [0.29, 0.717) is 17.1 Å². The summed E-state index contributed by atoms with van der Waals surface area (Å²) in [6.45, 7) is 1.89. The Morgan fingerprint density at radius 2 is 1.88 bits per heavy atom. The normalized spacial score (nSPS) is 11.1. The van der Waals surface area contributed by atoms with Gasteiger partial charge in [0.05, 0.1) is 0 Å². The summed E-state index contributed by atoms with van der Waals surface area (Å²) < 4.78 is 7.18. The highest BCUT2D eigenvalue weighted by Crippen LogP contribution is 2.24. The molecule has 4 aromatic rings. The van der Waals surface area contributed by atoms with Crippen molar-refractivity contribution in [3.8, 4) is 17.7 Å². The van der Waals surface area contributed by atoms with Crippen LogP contribution in [0.1, 0.15) is 11.1 Å². The molecule has 0 saturated heterocycles. The Hall–Kier alpha value is -4.70. The van der Waals surface area contributed by atoms with Crippen molar-refractivity contribution in [2.75, 3.05) is 5.32 Å². The van der Waals surface area contributed by atoms with Crippen LogP contribution in [0.3, 0.4) is 0 Å². The van der Waals surface area contributed by atoms with E-state index < -0.39 is 11.5 Å². The van der Waals surface area contributed by atoms with Gasteiger partial charge in [-0.1, -0.05) is 36.4 Å². The number of pyridine rings is 1. The van der Waals surface area contributed by atoms with E-state index in [2.05, 4.69) is 10.3 Å². The smallest absolute Gasteiger partial charge is 0.269 e. The third-order valence-corrected chi connectivity index (χ3v) is 4.62. The van der Waals surface area contributed by atoms with E-state index in [4.69, 9.17) is 4.74 Å². The number of hydrogen-bond acceptors (Lipinski definition) is 5. The lowest BCUT2D eigenvalue weighted by molar-refractivity contribution is -0.112. The molecule has 2 aromatic heterocycles. The van der Waals surface area contributed by atoms with Gasteiger partial charge in [-0.15, -0.1) is 0 Å². The van der Waals surface area contributed by atoms with Crippen LogP contribution in [0.4, 0.5) is 5.69 Å². The summed E-state index contributed by atoms with van der Waals surface area (Å²) in [6.07, 6.45) is 2.77. The fourth-order valence-corrected chi connectivity index (χ4v) is 3.10. The van der Waals surface area contributed by atoms with E-state index in [9.17, 15) is 14.9 Å². The van der Waals surface area contributed by atoms with Crippen LogP contribution in [0.15, 0.2) is 89.4 Å². The molecule has 0 aliphatic carbocycles. The van der Waals surface area contributed by atoms with Crippen LogP contribution in [0.5, 0.6) is 11.6 Å². The van der Waals surface area contributed by atoms with Crippen molar-refractivity contribution < 1.29 is 9.53 Å². The number of rotatable bonds is 5. The van der Waals surface area contributed by atoms with E-state index >= 15 is 0 Å². The number of aromatic nitrogens is 2. The molecule has 0 unspecified atom stereocenters. The van der Waals surface area contributed by atoms with Gasteiger partial charge in [-0.3, -0.25) is 14.0 Å². The molecule has 156 valence electrons. The molecule has 2 aromatic carbocycles. The molecule has 0 fully saturated rings. The predicted octanol–water partition coefficient (Wildman–Crippen LogP) is 4.34. The predicted molar refractivity (Wildman–Crippen MR) is 121 cm³/mol. The average molecular weight is 422 g/mol. The molecule has 0 aliphatic heterocycles. The van der Waals surface area contributed by atoms with Gasteiger partial charge >= 0.3 is 0 Å². The highest BCUT2D eigenvalue weighted by Gasteiger charge is 2.17.